The fourth-order valence-corrected chi connectivity index (χ4v) is 2.32. The van der Waals surface area contributed by atoms with Gasteiger partial charge in [0.1, 0.15) is 5.82 Å². The van der Waals surface area contributed by atoms with Gasteiger partial charge in [-0.3, -0.25) is 10.3 Å². The first-order chi connectivity index (χ1) is 12.2. The van der Waals surface area contributed by atoms with E-state index in [2.05, 4.69) is 15.6 Å². The molecule has 0 aliphatic carbocycles. The third kappa shape index (κ3) is 7.14. The van der Waals surface area contributed by atoms with Crippen molar-refractivity contribution in [2.24, 2.45) is 16.5 Å². The molecule has 0 heterocycles. The van der Waals surface area contributed by atoms with Crippen LogP contribution in [-0.4, -0.2) is 42.6 Å². The summed E-state index contributed by atoms with van der Waals surface area (Å²) in [6.07, 6.45) is 1.34. The first kappa shape index (κ1) is 21.5. The third-order valence-corrected chi connectivity index (χ3v) is 4.18. The van der Waals surface area contributed by atoms with Crippen LogP contribution in [0.1, 0.15) is 25.3 Å². The largest absolute Gasteiger partial charge is 0.370 e. The standard InChI is InChI=1S/C16H24ClFN6O2/c1-10(5-4-8-21-14(19)23-15(20)25)24(2)16(26)22-9-11-6-3-7-12(18)13(11)17/h3,6-7,10H,4-5,8-9H2,1-2H3,(H,22,26)(H5,19,20,21,23,25). The number of carbonyl (C=O) groups is 2. The Balaban J connectivity index is 2.40. The highest BCUT2D eigenvalue weighted by Crippen LogP contribution is 2.19. The number of benzene rings is 1. The summed E-state index contributed by atoms with van der Waals surface area (Å²) in [7, 11) is 1.67. The number of hydrogen-bond acceptors (Lipinski definition) is 3. The van der Waals surface area contributed by atoms with E-state index in [0.29, 0.717) is 24.9 Å². The minimum absolute atomic E-state index is 0.00326. The molecule has 0 bridgehead atoms. The lowest BCUT2D eigenvalue weighted by Crippen LogP contribution is -2.42. The van der Waals surface area contributed by atoms with Crippen LogP contribution in [0.5, 0.6) is 0 Å². The van der Waals surface area contributed by atoms with Crippen LogP contribution in [0.25, 0.3) is 0 Å². The summed E-state index contributed by atoms with van der Waals surface area (Å²) in [5.74, 6) is -0.561. The predicted molar refractivity (Wildman–Crippen MR) is 99.3 cm³/mol. The van der Waals surface area contributed by atoms with Gasteiger partial charge >= 0.3 is 12.1 Å². The number of nitrogens with zero attached hydrogens (tertiary/aromatic N) is 2. The number of primary amides is 1. The number of urea groups is 2. The number of halogens is 2. The number of nitrogens with two attached hydrogens (primary N) is 2. The number of amides is 4. The van der Waals surface area contributed by atoms with Gasteiger partial charge in [0.25, 0.3) is 0 Å². The lowest BCUT2D eigenvalue weighted by molar-refractivity contribution is 0.190. The molecule has 0 aliphatic rings. The minimum atomic E-state index is -0.769. The van der Waals surface area contributed by atoms with Crippen molar-refractivity contribution in [3.63, 3.8) is 0 Å². The molecule has 0 saturated carbocycles. The Hall–Kier alpha value is -2.55. The molecule has 6 N–H and O–H groups in total. The van der Waals surface area contributed by atoms with E-state index < -0.39 is 11.8 Å². The molecule has 26 heavy (non-hydrogen) atoms. The van der Waals surface area contributed by atoms with Gasteiger partial charge in [0.15, 0.2) is 5.96 Å². The van der Waals surface area contributed by atoms with Crippen LogP contribution >= 0.6 is 11.6 Å². The topological polar surface area (TPSA) is 126 Å². The second kappa shape index (κ2) is 10.4. The molecule has 0 spiro atoms. The number of guanidine groups is 1. The molecule has 10 heteroatoms. The summed E-state index contributed by atoms with van der Waals surface area (Å²) in [5, 5.41) is 4.88. The summed E-state index contributed by atoms with van der Waals surface area (Å²) < 4.78 is 13.4. The van der Waals surface area contributed by atoms with E-state index >= 15 is 0 Å². The number of hydrogen-bond donors (Lipinski definition) is 4. The molecular formula is C16H24ClFN6O2. The van der Waals surface area contributed by atoms with E-state index in [0.717, 1.165) is 0 Å². The quantitative estimate of drug-likeness (QED) is 0.324. The third-order valence-electron chi connectivity index (χ3n) is 3.76. The van der Waals surface area contributed by atoms with Crippen molar-refractivity contribution < 1.29 is 14.0 Å². The van der Waals surface area contributed by atoms with Gasteiger partial charge in [0.2, 0.25) is 0 Å². The maximum absolute atomic E-state index is 13.4. The van der Waals surface area contributed by atoms with Crippen molar-refractivity contribution in [1.82, 2.24) is 15.5 Å². The van der Waals surface area contributed by atoms with Gasteiger partial charge in [0, 0.05) is 26.2 Å². The molecule has 0 aromatic heterocycles. The Labute approximate surface area is 156 Å². The fourth-order valence-electron chi connectivity index (χ4n) is 2.13. The lowest BCUT2D eigenvalue weighted by atomic mass is 10.1. The monoisotopic (exact) mass is 386 g/mol. The van der Waals surface area contributed by atoms with Crippen molar-refractivity contribution in [2.45, 2.75) is 32.4 Å². The zero-order valence-electron chi connectivity index (χ0n) is 14.8. The van der Waals surface area contributed by atoms with Crippen LogP contribution in [-0.2, 0) is 6.54 Å². The number of rotatable bonds is 7. The molecule has 1 atom stereocenters. The Bertz CT molecular complexity index is 670. The molecular weight excluding hydrogens is 363 g/mol. The van der Waals surface area contributed by atoms with Gasteiger partial charge in [-0.2, -0.15) is 0 Å². The van der Waals surface area contributed by atoms with Crippen molar-refractivity contribution in [1.29, 1.82) is 0 Å². The van der Waals surface area contributed by atoms with E-state index in [1.165, 1.54) is 12.1 Å². The normalized spacial score (nSPS) is 12.4. The molecule has 0 aliphatic heterocycles. The van der Waals surface area contributed by atoms with Crippen molar-refractivity contribution in [2.75, 3.05) is 13.6 Å². The first-order valence-corrected chi connectivity index (χ1v) is 8.40. The summed E-state index contributed by atoms with van der Waals surface area (Å²) in [6, 6.07) is 3.33. The maximum atomic E-state index is 13.4. The maximum Gasteiger partial charge on any atom is 0.318 e. The Kier molecular flexibility index (Phi) is 8.63. The number of aliphatic imine (C=N–C) groups is 1. The average Bonchev–Trinajstić information content (AvgIpc) is 2.58. The average molecular weight is 387 g/mol. The van der Waals surface area contributed by atoms with Crippen molar-refractivity contribution in [3.05, 3.63) is 34.6 Å². The Morgan fingerprint density at radius 1 is 1.38 bits per heavy atom. The van der Waals surface area contributed by atoms with Crippen LogP contribution in [0, 0.1) is 5.82 Å². The molecule has 0 radical (unpaired) electrons. The summed E-state index contributed by atoms with van der Waals surface area (Å²) in [6.45, 7) is 2.42. The van der Waals surface area contributed by atoms with Crippen LogP contribution in [0.15, 0.2) is 23.2 Å². The van der Waals surface area contributed by atoms with Gasteiger partial charge in [-0.15, -0.1) is 0 Å². The van der Waals surface area contributed by atoms with E-state index in [1.54, 1.807) is 18.0 Å². The summed E-state index contributed by atoms with van der Waals surface area (Å²) >= 11 is 5.86. The van der Waals surface area contributed by atoms with E-state index in [1.807, 2.05) is 6.92 Å². The zero-order chi connectivity index (χ0) is 19.7. The van der Waals surface area contributed by atoms with Crippen LogP contribution in [0.4, 0.5) is 14.0 Å². The van der Waals surface area contributed by atoms with Crippen LogP contribution in [0.2, 0.25) is 5.02 Å². The second-order valence-corrected chi connectivity index (χ2v) is 6.11. The molecule has 0 saturated heterocycles. The highest BCUT2D eigenvalue weighted by Gasteiger charge is 2.16. The summed E-state index contributed by atoms with van der Waals surface area (Å²) in [4.78, 5) is 28.3. The highest BCUT2D eigenvalue weighted by atomic mass is 35.5. The van der Waals surface area contributed by atoms with Gasteiger partial charge < -0.3 is 21.7 Å². The van der Waals surface area contributed by atoms with Crippen molar-refractivity contribution >= 4 is 29.6 Å². The molecule has 144 valence electrons. The van der Waals surface area contributed by atoms with Crippen molar-refractivity contribution in [3.8, 4) is 0 Å². The van der Waals surface area contributed by atoms with Gasteiger partial charge in [0.05, 0.1) is 5.02 Å². The molecule has 0 fully saturated rings. The van der Waals surface area contributed by atoms with Crippen LogP contribution in [0.3, 0.4) is 0 Å². The molecule has 1 aromatic carbocycles. The van der Waals surface area contributed by atoms with Gasteiger partial charge in [-0.25, -0.2) is 14.0 Å². The molecule has 4 amide bonds. The van der Waals surface area contributed by atoms with E-state index in [9.17, 15) is 14.0 Å². The van der Waals surface area contributed by atoms with E-state index in [4.69, 9.17) is 23.1 Å². The lowest BCUT2D eigenvalue weighted by Gasteiger charge is -2.25. The number of carbonyl (C=O) groups excluding carboxylic acids is 2. The fraction of sp³-hybridized carbons (Fsp3) is 0.438. The van der Waals surface area contributed by atoms with Gasteiger partial charge in [-0.1, -0.05) is 23.7 Å². The Morgan fingerprint density at radius 3 is 2.73 bits per heavy atom. The first-order valence-electron chi connectivity index (χ1n) is 8.02. The zero-order valence-corrected chi connectivity index (χ0v) is 15.5. The predicted octanol–water partition coefficient (Wildman–Crippen LogP) is 1.77. The SMILES string of the molecule is CC(CCCN=C(N)NC(N)=O)N(C)C(=O)NCc1cccc(F)c1Cl. The molecule has 1 aromatic rings. The molecule has 1 unspecified atom stereocenters. The summed E-state index contributed by atoms with van der Waals surface area (Å²) in [5.41, 5.74) is 10.9. The van der Waals surface area contributed by atoms with Crippen LogP contribution < -0.4 is 22.1 Å². The highest BCUT2D eigenvalue weighted by molar-refractivity contribution is 6.31. The second-order valence-electron chi connectivity index (χ2n) is 5.73. The smallest absolute Gasteiger partial charge is 0.318 e. The Morgan fingerprint density at radius 2 is 2.08 bits per heavy atom. The molecule has 8 nitrogen and oxygen atoms in total. The van der Waals surface area contributed by atoms with Gasteiger partial charge in [-0.05, 0) is 31.4 Å². The molecule has 1 rings (SSSR count). The number of nitrogens with one attached hydrogen (secondary N) is 2. The minimum Gasteiger partial charge on any atom is -0.370 e. The van der Waals surface area contributed by atoms with E-state index in [-0.39, 0.29) is 29.6 Å².